The molecule has 0 aliphatic carbocycles. The molecule has 3 nitrogen and oxygen atoms in total. The molecule has 4 heteroatoms. The molecule has 106 valence electrons. The Kier molecular flexibility index (Phi) is 5.31. The van der Waals surface area contributed by atoms with Crippen molar-refractivity contribution in [3.63, 3.8) is 0 Å². The molecule has 0 unspecified atom stereocenters. The Morgan fingerprint density at radius 3 is 3.05 bits per heavy atom. The minimum absolute atomic E-state index is 0.0629. The number of rotatable bonds is 5. The van der Waals surface area contributed by atoms with Crippen molar-refractivity contribution in [2.24, 2.45) is 11.7 Å². The van der Waals surface area contributed by atoms with Gasteiger partial charge in [-0.2, -0.15) is 0 Å². The van der Waals surface area contributed by atoms with Crippen LogP contribution >= 0.6 is 0 Å². The van der Waals surface area contributed by atoms with Crippen LogP contribution in [-0.2, 0) is 4.74 Å². The maximum absolute atomic E-state index is 13.5. The van der Waals surface area contributed by atoms with E-state index < -0.39 is 0 Å². The fourth-order valence-electron chi connectivity index (χ4n) is 2.73. The molecule has 1 aromatic carbocycles. The lowest BCUT2D eigenvalue weighted by Gasteiger charge is -2.32. The number of nitrogens with one attached hydrogen (secondary N) is 1. The largest absolute Gasteiger partial charge is 0.372 e. The van der Waals surface area contributed by atoms with Crippen LogP contribution < -0.4 is 11.1 Å². The van der Waals surface area contributed by atoms with Gasteiger partial charge in [0.15, 0.2) is 0 Å². The Morgan fingerprint density at radius 2 is 2.37 bits per heavy atom. The molecular formula is C15H23FN2O. The number of hydrogen-bond donors (Lipinski definition) is 2. The lowest BCUT2D eigenvalue weighted by atomic mass is 9.87. The van der Waals surface area contributed by atoms with Crippen LogP contribution in [-0.4, -0.2) is 26.2 Å². The van der Waals surface area contributed by atoms with Gasteiger partial charge in [-0.1, -0.05) is 6.07 Å². The van der Waals surface area contributed by atoms with Gasteiger partial charge in [0, 0.05) is 19.0 Å². The highest BCUT2D eigenvalue weighted by Crippen LogP contribution is 2.32. The van der Waals surface area contributed by atoms with Crippen LogP contribution in [0.15, 0.2) is 18.2 Å². The Bertz CT molecular complexity index is 405. The highest BCUT2D eigenvalue weighted by atomic mass is 19.1. The maximum atomic E-state index is 13.5. The molecule has 2 rings (SSSR count). The van der Waals surface area contributed by atoms with Crippen LogP contribution in [0.4, 0.5) is 4.39 Å². The van der Waals surface area contributed by atoms with E-state index in [1.54, 1.807) is 6.07 Å². The van der Waals surface area contributed by atoms with Crippen LogP contribution in [0.25, 0.3) is 0 Å². The van der Waals surface area contributed by atoms with Gasteiger partial charge in [-0.15, -0.1) is 0 Å². The van der Waals surface area contributed by atoms with Crippen molar-refractivity contribution < 1.29 is 9.13 Å². The van der Waals surface area contributed by atoms with Crippen molar-refractivity contribution in [1.82, 2.24) is 5.32 Å². The van der Waals surface area contributed by atoms with Crippen molar-refractivity contribution in [2.45, 2.75) is 25.9 Å². The molecular weight excluding hydrogens is 243 g/mol. The summed E-state index contributed by atoms with van der Waals surface area (Å²) in [7, 11) is 0. The average molecular weight is 266 g/mol. The minimum atomic E-state index is -0.203. The number of hydrogen-bond acceptors (Lipinski definition) is 3. The van der Waals surface area contributed by atoms with Crippen molar-refractivity contribution >= 4 is 0 Å². The van der Waals surface area contributed by atoms with E-state index in [2.05, 4.69) is 5.32 Å². The van der Waals surface area contributed by atoms with Crippen LogP contribution in [0.2, 0.25) is 0 Å². The van der Waals surface area contributed by atoms with E-state index in [4.69, 9.17) is 10.5 Å². The van der Waals surface area contributed by atoms with Crippen LogP contribution in [0, 0.1) is 18.7 Å². The summed E-state index contributed by atoms with van der Waals surface area (Å²) in [6.45, 7) is 4.99. The van der Waals surface area contributed by atoms with Gasteiger partial charge in [0.1, 0.15) is 5.82 Å². The highest BCUT2D eigenvalue weighted by molar-refractivity contribution is 5.29. The second kappa shape index (κ2) is 6.98. The summed E-state index contributed by atoms with van der Waals surface area (Å²) in [5, 5.41) is 3.39. The first-order valence-corrected chi connectivity index (χ1v) is 7.01. The van der Waals surface area contributed by atoms with Gasteiger partial charge in [0.2, 0.25) is 0 Å². The Balaban J connectivity index is 2.22. The molecule has 2 atom stereocenters. The smallest absolute Gasteiger partial charge is 0.123 e. The van der Waals surface area contributed by atoms with Crippen molar-refractivity contribution in [3.05, 3.63) is 35.1 Å². The third-order valence-electron chi connectivity index (χ3n) is 3.73. The van der Waals surface area contributed by atoms with Gasteiger partial charge in [0.05, 0.1) is 12.7 Å². The molecule has 1 aromatic rings. The Morgan fingerprint density at radius 1 is 1.53 bits per heavy atom. The molecule has 1 fully saturated rings. The Labute approximate surface area is 114 Å². The molecule has 0 amide bonds. The number of halogens is 1. The summed E-state index contributed by atoms with van der Waals surface area (Å²) in [6, 6.07) is 4.92. The summed E-state index contributed by atoms with van der Waals surface area (Å²) >= 11 is 0. The molecule has 1 aliphatic heterocycles. The lowest BCUT2D eigenvalue weighted by Crippen LogP contribution is -2.35. The van der Waals surface area contributed by atoms with E-state index in [9.17, 15) is 4.39 Å². The molecule has 0 spiro atoms. The average Bonchev–Trinajstić information content (AvgIpc) is 2.44. The fourth-order valence-corrected chi connectivity index (χ4v) is 2.73. The Hall–Kier alpha value is -0.970. The van der Waals surface area contributed by atoms with Gasteiger partial charge in [-0.05, 0) is 49.6 Å². The number of benzene rings is 1. The molecule has 0 radical (unpaired) electrons. The van der Waals surface area contributed by atoms with Gasteiger partial charge >= 0.3 is 0 Å². The summed E-state index contributed by atoms with van der Waals surface area (Å²) in [4.78, 5) is 0. The molecule has 1 heterocycles. The highest BCUT2D eigenvalue weighted by Gasteiger charge is 2.27. The van der Waals surface area contributed by atoms with Gasteiger partial charge < -0.3 is 15.8 Å². The van der Waals surface area contributed by atoms with Crippen LogP contribution in [0.5, 0.6) is 0 Å². The van der Waals surface area contributed by atoms with E-state index >= 15 is 0 Å². The predicted octanol–water partition coefficient (Wildman–Crippen LogP) is 2.15. The fraction of sp³-hybridized carbons (Fsp3) is 0.600. The first kappa shape index (κ1) is 14.4. The zero-order valence-corrected chi connectivity index (χ0v) is 11.5. The minimum Gasteiger partial charge on any atom is -0.372 e. The van der Waals surface area contributed by atoms with Crippen molar-refractivity contribution in [1.29, 1.82) is 0 Å². The molecule has 1 aliphatic rings. The molecule has 3 N–H and O–H groups in total. The van der Waals surface area contributed by atoms with Crippen LogP contribution in [0.1, 0.15) is 30.1 Å². The number of aryl methyl sites for hydroxylation is 1. The summed E-state index contributed by atoms with van der Waals surface area (Å²) in [5.41, 5.74) is 7.58. The first-order chi connectivity index (χ1) is 9.22. The van der Waals surface area contributed by atoms with E-state index in [-0.39, 0.29) is 11.9 Å². The zero-order valence-electron chi connectivity index (χ0n) is 11.5. The van der Waals surface area contributed by atoms with Gasteiger partial charge in [-0.25, -0.2) is 4.39 Å². The number of ether oxygens (including phenoxy) is 1. The normalized spacial score (nSPS) is 21.3. The lowest BCUT2D eigenvalue weighted by molar-refractivity contribution is 0.00664. The predicted molar refractivity (Wildman–Crippen MR) is 74.5 cm³/mol. The zero-order chi connectivity index (χ0) is 13.7. The van der Waals surface area contributed by atoms with Crippen molar-refractivity contribution in [2.75, 3.05) is 26.2 Å². The maximum Gasteiger partial charge on any atom is 0.123 e. The van der Waals surface area contributed by atoms with Gasteiger partial charge in [-0.3, -0.25) is 0 Å². The van der Waals surface area contributed by atoms with Crippen LogP contribution in [0.3, 0.4) is 0 Å². The van der Waals surface area contributed by atoms with Crippen molar-refractivity contribution in [3.8, 4) is 0 Å². The second-order valence-electron chi connectivity index (χ2n) is 5.19. The number of piperidine rings is 1. The summed E-state index contributed by atoms with van der Waals surface area (Å²) < 4.78 is 19.4. The standard InChI is InChI=1S/C15H23FN2O/c1-11-4-5-13(16)9-14(11)15(19-8-6-17)12-3-2-7-18-10-12/h4-5,9,12,15,18H,2-3,6-8,10,17H2,1H3/t12-,15-/m1/s1. The molecule has 0 saturated carbocycles. The third-order valence-corrected chi connectivity index (χ3v) is 3.73. The summed E-state index contributed by atoms with van der Waals surface area (Å²) in [6.07, 6.45) is 2.19. The summed E-state index contributed by atoms with van der Waals surface area (Å²) in [5.74, 6) is 0.187. The van der Waals surface area contributed by atoms with E-state index in [0.717, 1.165) is 37.1 Å². The molecule has 0 bridgehead atoms. The van der Waals surface area contributed by atoms with E-state index in [1.807, 2.05) is 13.0 Å². The van der Waals surface area contributed by atoms with E-state index in [1.165, 1.54) is 6.07 Å². The molecule has 1 saturated heterocycles. The quantitative estimate of drug-likeness (QED) is 0.858. The topological polar surface area (TPSA) is 47.3 Å². The number of nitrogens with two attached hydrogens (primary N) is 1. The molecule has 19 heavy (non-hydrogen) atoms. The third kappa shape index (κ3) is 3.75. The second-order valence-corrected chi connectivity index (χ2v) is 5.19. The van der Waals surface area contributed by atoms with Gasteiger partial charge in [0.25, 0.3) is 0 Å². The molecule has 0 aromatic heterocycles. The first-order valence-electron chi connectivity index (χ1n) is 7.01. The van der Waals surface area contributed by atoms with E-state index in [0.29, 0.717) is 19.1 Å². The SMILES string of the molecule is Cc1ccc(F)cc1[C@H](OCCN)[C@@H]1CCCNC1. The monoisotopic (exact) mass is 266 g/mol.